The van der Waals surface area contributed by atoms with Crippen molar-refractivity contribution in [2.75, 3.05) is 45.7 Å². The number of aromatic hydroxyl groups is 1. The average molecular weight is 456 g/mol. The molecular formula is C24H29N3O4S. The number of hydrogen-bond donors (Lipinski definition) is 2. The van der Waals surface area contributed by atoms with Crippen LogP contribution in [0.3, 0.4) is 0 Å². The van der Waals surface area contributed by atoms with Crippen LogP contribution >= 0.6 is 0 Å². The first kappa shape index (κ1) is 21.3. The standard InChI is InChI=1S/C24H29N3O4S/c1-26-10-12-27(13-11-26)32(29,30)17-7-8-21-20(15-17)18-4-3-5-19(18)24(25-21)16-6-9-23(31-2)22(28)14-16/h3-4,6-9,14-15,18-19,24-25,28H,5,10-13H2,1-2H3. The summed E-state index contributed by atoms with van der Waals surface area (Å²) in [5, 5.41) is 13.9. The van der Waals surface area contributed by atoms with E-state index >= 15 is 0 Å². The maximum Gasteiger partial charge on any atom is 0.243 e. The molecule has 1 fully saturated rings. The second-order valence-electron chi connectivity index (χ2n) is 8.86. The van der Waals surface area contributed by atoms with E-state index in [1.165, 1.54) is 7.11 Å². The van der Waals surface area contributed by atoms with Gasteiger partial charge < -0.3 is 20.1 Å². The number of ether oxygens (including phenoxy) is 1. The predicted molar refractivity (Wildman–Crippen MR) is 124 cm³/mol. The molecular weight excluding hydrogens is 426 g/mol. The fraction of sp³-hybridized carbons (Fsp3) is 0.417. The van der Waals surface area contributed by atoms with Gasteiger partial charge in [-0.25, -0.2) is 8.42 Å². The topological polar surface area (TPSA) is 82.1 Å². The summed E-state index contributed by atoms with van der Waals surface area (Å²) in [5.74, 6) is 0.943. The van der Waals surface area contributed by atoms with E-state index in [0.717, 1.165) is 36.3 Å². The highest BCUT2D eigenvalue weighted by molar-refractivity contribution is 7.89. The minimum absolute atomic E-state index is 0.0133. The van der Waals surface area contributed by atoms with Crippen molar-refractivity contribution >= 4 is 15.7 Å². The number of anilines is 1. The molecule has 0 spiro atoms. The molecule has 0 aromatic heterocycles. The van der Waals surface area contributed by atoms with Crippen LogP contribution < -0.4 is 10.1 Å². The number of rotatable bonds is 4. The van der Waals surface area contributed by atoms with Crippen LogP contribution in [-0.4, -0.2) is 63.1 Å². The number of sulfonamides is 1. The van der Waals surface area contributed by atoms with E-state index < -0.39 is 10.0 Å². The highest BCUT2D eigenvalue weighted by atomic mass is 32.2. The summed E-state index contributed by atoms with van der Waals surface area (Å²) in [5.41, 5.74) is 2.95. The Kier molecular flexibility index (Phi) is 5.39. The summed E-state index contributed by atoms with van der Waals surface area (Å²) in [6.07, 6.45) is 5.25. The molecule has 1 aliphatic carbocycles. The first-order chi connectivity index (χ1) is 15.4. The number of likely N-dealkylation sites (N-methyl/N-ethyl adjacent to an activating group) is 1. The number of phenolic OH excluding ortho intramolecular Hbond substituents is 1. The Morgan fingerprint density at radius 3 is 2.59 bits per heavy atom. The van der Waals surface area contributed by atoms with E-state index in [-0.39, 0.29) is 23.6 Å². The van der Waals surface area contributed by atoms with E-state index in [0.29, 0.717) is 23.7 Å². The minimum atomic E-state index is -3.52. The van der Waals surface area contributed by atoms with Gasteiger partial charge >= 0.3 is 0 Å². The van der Waals surface area contributed by atoms with Gasteiger partial charge in [-0.2, -0.15) is 4.31 Å². The summed E-state index contributed by atoms with van der Waals surface area (Å²) in [7, 11) is 0.0314. The summed E-state index contributed by atoms with van der Waals surface area (Å²) in [6, 6.07) is 11.0. The van der Waals surface area contributed by atoms with Crippen LogP contribution in [0, 0.1) is 5.92 Å². The van der Waals surface area contributed by atoms with Crippen molar-refractivity contribution in [1.29, 1.82) is 0 Å². The number of piperazine rings is 1. The lowest BCUT2D eigenvalue weighted by atomic mass is 9.77. The van der Waals surface area contributed by atoms with Crippen molar-refractivity contribution in [3.8, 4) is 11.5 Å². The maximum absolute atomic E-state index is 13.3. The molecule has 170 valence electrons. The Balaban J connectivity index is 1.48. The Morgan fingerprint density at radius 1 is 1.09 bits per heavy atom. The van der Waals surface area contributed by atoms with Gasteiger partial charge in [-0.05, 0) is 60.8 Å². The van der Waals surface area contributed by atoms with E-state index in [1.807, 2.05) is 25.2 Å². The van der Waals surface area contributed by atoms with E-state index in [2.05, 4.69) is 22.4 Å². The van der Waals surface area contributed by atoms with E-state index in [9.17, 15) is 13.5 Å². The fourth-order valence-electron chi connectivity index (χ4n) is 5.14. The van der Waals surface area contributed by atoms with Gasteiger partial charge in [0.2, 0.25) is 10.0 Å². The molecule has 2 aromatic rings. The fourth-order valence-corrected chi connectivity index (χ4v) is 6.60. The summed E-state index contributed by atoms with van der Waals surface area (Å²) < 4.78 is 33.3. The van der Waals surface area contributed by atoms with Crippen molar-refractivity contribution < 1.29 is 18.3 Å². The molecule has 2 aromatic carbocycles. The van der Waals surface area contributed by atoms with E-state index in [4.69, 9.17) is 4.74 Å². The molecule has 8 heteroatoms. The molecule has 3 unspecified atom stereocenters. The lowest BCUT2D eigenvalue weighted by Crippen LogP contribution is -2.47. The Bertz CT molecular complexity index is 1160. The van der Waals surface area contributed by atoms with Crippen LogP contribution in [0.25, 0.3) is 0 Å². The average Bonchev–Trinajstić information content (AvgIpc) is 3.29. The number of phenols is 1. The molecule has 5 rings (SSSR count). The van der Waals surface area contributed by atoms with Crippen LogP contribution in [0.4, 0.5) is 5.69 Å². The quantitative estimate of drug-likeness (QED) is 0.690. The molecule has 3 aliphatic rings. The van der Waals surface area contributed by atoms with Crippen molar-refractivity contribution in [3.63, 3.8) is 0 Å². The smallest absolute Gasteiger partial charge is 0.243 e. The highest BCUT2D eigenvalue weighted by Gasteiger charge is 2.39. The molecule has 2 N–H and O–H groups in total. The molecule has 32 heavy (non-hydrogen) atoms. The van der Waals surface area contributed by atoms with Crippen LogP contribution in [0.1, 0.15) is 29.5 Å². The first-order valence-corrected chi connectivity index (χ1v) is 12.5. The van der Waals surface area contributed by atoms with Gasteiger partial charge in [-0.3, -0.25) is 0 Å². The highest BCUT2D eigenvalue weighted by Crippen LogP contribution is 2.50. The van der Waals surface area contributed by atoms with Gasteiger partial charge in [0.25, 0.3) is 0 Å². The monoisotopic (exact) mass is 455 g/mol. The second-order valence-corrected chi connectivity index (χ2v) is 10.8. The van der Waals surface area contributed by atoms with Crippen LogP contribution in [0.15, 0.2) is 53.4 Å². The van der Waals surface area contributed by atoms with Gasteiger partial charge in [-0.1, -0.05) is 18.2 Å². The van der Waals surface area contributed by atoms with Gasteiger partial charge in [0.15, 0.2) is 11.5 Å². The number of hydrogen-bond acceptors (Lipinski definition) is 6. The largest absolute Gasteiger partial charge is 0.504 e. The SMILES string of the molecule is COc1ccc(C2Nc3ccc(S(=O)(=O)N4CCN(C)CC4)cc3C3C=CCC32)cc1O. The molecule has 0 bridgehead atoms. The Morgan fingerprint density at radius 2 is 1.88 bits per heavy atom. The zero-order valence-corrected chi connectivity index (χ0v) is 19.2. The number of nitrogens with one attached hydrogen (secondary N) is 1. The summed E-state index contributed by atoms with van der Waals surface area (Å²) in [6.45, 7) is 2.53. The summed E-state index contributed by atoms with van der Waals surface area (Å²) >= 11 is 0. The van der Waals surface area contributed by atoms with Crippen LogP contribution in [0.2, 0.25) is 0 Å². The van der Waals surface area contributed by atoms with Crippen molar-refractivity contribution in [2.24, 2.45) is 5.92 Å². The lowest BCUT2D eigenvalue weighted by molar-refractivity contribution is 0.222. The molecule has 0 radical (unpaired) electrons. The Hall–Kier alpha value is -2.55. The number of benzene rings is 2. The molecule has 2 aliphatic heterocycles. The van der Waals surface area contributed by atoms with Crippen LogP contribution in [-0.2, 0) is 10.0 Å². The maximum atomic E-state index is 13.3. The zero-order chi connectivity index (χ0) is 22.5. The van der Waals surface area contributed by atoms with Crippen LogP contribution in [0.5, 0.6) is 11.5 Å². The number of allylic oxidation sites excluding steroid dienone is 2. The molecule has 0 amide bonds. The molecule has 3 atom stereocenters. The van der Waals surface area contributed by atoms with Crippen molar-refractivity contribution in [3.05, 3.63) is 59.7 Å². The number of nitrogens with zero attached hydrogens (tertiary/aromatic N) is 2. The zero-order valence-electron chi connectivity index (χ0n) is 18.4. The third-order valence-electron chi connectivity index (χ3n) is 7.00. The molecule has 0 saturated carbocycles. The first-order valence-electron chi connectivity index (χ1n) is 11.0. The van der Waals surface area contributed by atoms with Gasteiger partial charge in [0.1, 0.15) is 0 Å². The predicted octanol–water partition coefficient (Wildman–Crippen LogP) is 3.16. The van der Waals surface area contributed by atoms with E-state index in [1.54, 1.807) is 22.5 Å². The van der Waals surface area contributed by atoms with Crippen molar-refractivity contribution in [2.45, 2.75) is 23.3 Å². The molecule has 7 nitrogen and oxygen atoms in total. The van der Waals surface area contributed by atoms with Crippen molar-refractivity contribution in [1.82, 2.24) is 9.21 Å². The van der Waals surface area contributed by atoms with Gasteiger partial charge in [0.05, 0.1) is 18.0 Å². The number of methoxy groups -OCH3 is 1. The van der Waals surface area contributed by atoms with Gasteiger partial charge in [-0.15, -0.1) is 0 Å². The lowest BCUT2D eigenvalue weighted by Gasteiger charge is -2.38. The normalized spacial score (nSPS) is 25.8. The summed E-state index contributed by atoms with van der Waals surface area (Å²) in [4.78, 5) is 2.51. The molecule has 2 heterocycles. The van der Waals surface area contributed by atoms with Gasteiger partial charge in [0, 0.05) is 37.8 Å². The minimum Gasteiger partial charge on any atom is -0.504 e. The third-order valence-corrected chi connectivity index (χ3v) is 8.89. The number of fused-ring (bicyclic) bond motifs is 3. The second kappa shape index (κ2) is 8.10. The molecule has 1 saturated heterocycles. The Labute approximate surface area is 189 Å². The third kappa shape index (κ3) is 3.56.